The van der Waals surface area contributed by atoms with Crippen molar-refractivity contribution in [2.45, 2.75) is 13.0 Å². The summed E-state index contributed by atoms with van der Waals surface area (Å²) in [7, 11) is 1.48. The first-order chi connectivity index (χ1) is 15.1. The van der Waals surface area contributed by atoms with E-state index in [1.165, 1.54) is 19.2 Å². The molecule has 1 N–H and O–H groups in total. The van der Waals surface area contributed by atoms with Gasteiger partial charge in [0.05, 0.1) is 18.7 Å². The first-order valence-electron chi connectivity index (χ1n) is 9.98. The second-order valence-electron chi connectivity index (χ2n) is 7.14. The van der Waals surface area contributed by atoms with E-state index in [9.17, 15) is 9.59 Å². The summed E-state index contributed by atoms with van der Waals surface area (Å²) in [6, 6.07) is 16.7. The number of fused-ring (bicyclic) bond motifs is 2. The molecule has 7 heteroatoms. The van der Waals surface area contributed by atoms with E-state index in [-0.39, 0.29) is 11.6 Å². The summed E-state index contributed by atoms with van der Waals surface area (Å²) >= 11 is 0. The van der Waals surface area contributed by atoms with Gasteiger partial charge in [0.2, 0.25) is 5.75 Å². The summed E-state index contributed by atoms with van der Waals surface area (Å²) in [5.74, 6) is 0.193. The van der Waals surface area contributed by atoms with Crippen molar-refractivity contribution in [3.05, 3.63) is 65.7 Å². The number of esters is 1. The molecular formula is C24H23NO6. The molecule has 0 saturated carbocycles. The summed E-state index contributed by atoms with van der Waals surface area (Å²) in [4.78, 5) is 24.9. The molecule has 3 aromatic rings. The maximum atomic E-state index is 12.5. The van der Waals surface area contributed by atoms with Gasteiger partial charge in [-0.1, -0.05) is 42.5 Å². The second kappa shape index (κ2) is 8.95. The minimum atomic E-state index is -0.650. The first-order valence-corrected chi connectivity index (χ1v) is 9.98. The van der Waals surface area contributed by atoms with Crippen LogP contribution in [0.3, 0.4) is 0 Å². The van der Waals surface area contributed by atoms with Crippen LogP contribution in [0.2, 0.25) is 0 Å². The molecular weight excluding hydrogens is 398 g/mol. The van der Waals surface area contributed by atoms with Crippen molar-refractivity contribution >= 4 is 22.6 Å². The number of carbonyl (C=O) groups is 2. The Balaban J connectivity index is 1.40. The third-order valence-corrected chi connectivity index (χ3v) is 5.07. The number of hydrogen-bond donors (Lipinski definition) is 1. The summed E-state index contributed by atoms with van der Waals surface area (Å²) in [5, 5.41) is 5.05. The average molecular weight is 421 g/mol. The van der Waals surface area contributed by atoms with Crippen LogP contribution in [-0.2, 0) is 9.53 Å². The SMILES string of the molecule is COc1cc(C(=O)OCC(=O)N[C@@H](C)c2cccc3ccccc23)cc2c1OCCO2. The monoisotopic (exact) mass is 421 g/mol. The number of rotatable bonds is 6. The van der Waals surface area contributed by atoms with Crippen LogP contribution >= 0.6 is 0 Å². The van der Waals surface area contributed by atoms with Gasteiger partial charge in [-0.2, -0.15) is 0 Å². The zero-order valence-electron chi connectivity index (χ0n) is 17.3. The number of methoxy groups -OCH3 is 1. The molecule has 1 aliphatic heterocycles. The molecule has 0 spiro atoms. The lowest BCUT2D eigenvalue weighted by atomic mass is 10.00. The number of hydrogen-bond acceptors (Lipinski definition) is 6. The van der Waals surface area contributed by atoms with Crippen molar-refractivity contribution in [3.63, 3.8) is 0 Å². The van der Waals surface area contributed by atoms with Crippen LogP contribution in [0.1, 0.15) is 28.9 Å². The van der Waals surface area contributed by atoms with E-state index in [0.29, 0.717) is 30.5 Å². The standard InChI is InChI=1S/C24H23NO6/c1-15(18-9-5-7-16-6-3-4-8-19(16)18)25-22(26)14-31-24(27)17-12-20(28-2)23-21(13-17)29-10-11-30-23/h3-9,12-13,15H,10-11,14H2,1-2H3,(H,25,26)/t15-/m0/s1. The maximum Gasteiger partial charge on any atom is 0.338 e. The molecule has 0 fully saturated rings. The Kier molecular flexibility index (Phi) is 5.93. The van der Waals surface area contributed by atoms with Gasteiger partial charge in [0, 0.05) is 0 Å². The molecule has 1 heterocycles. The van der Waals surface area contributed by atoms with Gasteiger partial charge in [-0.3, -0.25) is 4.79 Å². The van der Waals surface area contributed by atoms with Gasteiger partial charge in [-0.25, -0.2) is 4.79 Å². The Morgan fingerprint density at radius 3 is 2.68 bits per heavy atom. The van der Waals surface area contributed by atoms with Crippen molar-refractivity contribution in [2.24, 2.45) is 0 Å². The Morgan fingerprint density at radius 2 is 1.84 bits per heavy atom. The zero-order valence-corrected chi connectivity index (χ0v) is 17.3. The molecule has 1 aliphatic rings. The van der Waals surface area contributed by atoms with Crippen molar-refractivity contribution in [2.75, 3.05) is 26.9 Å². The third-order valence-electron chi connectivity index (χ3n) is 5.07. The van der Waals surface area contributed by atoms with Gasteiger partial charge in [0.15, 0.2) is 18.1 Å². The highest BCUT2D eigenvalue weighted by Crippen LogP contribution is 2.40. The Labute approximate surface area is 179 Å². The van der Waals surface area contributed by atoms with Gasteiger partial charge in [0.1, 0.15) is 13.2 Å². The van der Waals surface area contributed by atoms with E-state index in [2.05, 4.69) is 5.32 Å². The fraction of sp³-hybridized carbons (Fsp3) is 0.250. The molecule has 7 nitrogen and oxygen atoms in total. The lowest BCUT2D eigenvalue weighted by Crippen LogP contribution is -2.31. The molecule has 1 atom stereocenters. The maximum absolute atomic E-state index is 12.5. The summed E-state index contributed by atoms with van der Waals surface area (Å²) in [6.07, 6.45) is 0. The van der Waals surface area contributed by atoms with E-state index in [1.807, 2.05) is 49.4 Å². The number of nitrogens with one attached hydrogen (secondary N) is 1. The van der Waals surface area contributed by atoms with Crippen molar-refractivity contribution in [1.29, 1.82) is 0 Å². The smallest absolute Gasteiger partial charge is 0.338 e. The van der Waals surface area contributed by atoms with Gasteiger partial charge >= 0.3 is 5.97 Å². The van der Waals surface area contributed by atoms with Crippen LogP contribution in [0.5, 0.6) is 17.2 Å². The first kappa shape index (κ1) is 20.5. The largest absolute Gasteiger partial charge is 0.493 e. The highest BCUT2D eigenvalue weighted by molar-refractivity contribution is 5.93. The van der Waals surface area contributed by atoms with E-state index in [1.54, 1.807) is 0 Å². The van der Waals surface area contributed by atoms with Crippen LogP contribution < -0.4 is 19.5 Å². The van der Waals surface area contributed by atoms with Crippen LogP contribution in [0.25, 0.3) is 10.8 Å². The van der Waals surface area contributed by atoms with E-state index in [4.69, 9.17) is 18.9 Å². The van der Waals surface area contributed by atoms with Crippen molar-refractivity contribution in [3.8, 4) is 17.2 Å². The van der Waals surface area contributed by atoms with Crippen LogP contribution in [0.4, 0.5) is 0 Å². The number of ether oxygens (including phenoxy) is 4. The number of carbonyl (C=O) groups excluding carboxylic acids is 2. The fourth-order valence-electron chi connectivity index (χ4n) is 3.59. The molecule has 0 aliphatic carbocycles. The molecule has 1 amide bonds. The topological polar surface area (TPSA) is 83.1 Å². The normalized spacial score (nSPS) is 13.4. The van der Waals surface area contributed by atoms with Crippen LogP contribution in [-0.4, -0.2) is 38.8 Å². The summed E-state index contributed by atoms with van der Waals surface area (Å²) < 4.78 is 21.5. The lowest BCUT2D eigenvalue weighted by molar-refractivity contribution is -0.124. The number of benzene rings is 3. The Bertz CT molecular complexity index is 1100. The molecule has 0 aromatic heterocycles. The molecule has 4 rings (SSSR count). The zero-order chi connectivity index (χ0) is 21.8. The van der Waals surface area contributed by atoms with Gasteiger partial charge in [0.25, 0.3) is 5.91 Å². The third kappa shape index (κ3) is 4.40. The molecule has 3 aromatic carbocycles. The summed E-state index contributed by atoms with van der Waals surface area (Å²) in [5.41, 5.74) is 1.21. The molecule has 31 heavy (non-hydrogen) atoms. The van der Waals surface area contributed by atoms with E-state index < -0.39 is 18.5 Å². The van der Waals surface area contributed by atoms with Gasteiger partial charge < -0.3 is 24.3 Å². The predicted octanol–water partition coefficient (Wildman–Crippen LogP) is 3.65. The molecule has 0 bridgehead atoms. The Morgan fingerprint density at radius 1 is 1.06 bits per heavy atom. The molecule has 160 valence electrons. The van der Waals surface area contributed by atoms with E-state index >= 15 is 0 Å². The van der Waals surface area contributed by atoms with E-state index in [0.717, 1.165) is 16.3 Å². The summed E-state index contributed by atoms with van der Waals surface area (Å²) in [6.45, 7) is 2.28. The van der Waals surface area contributed by atoms with Crippen LogP contribution in [0, 0.1) is 0 Å². The molecule has 0 unspecified atom stereocenters. The van der Waals surface area contributed by atoms with Crippen LogP contribution in [0.15, 0.2) is 54.6 Å². The molecule has 0 saturated heterocycles. The Hall–Kier alpha value is -3.74. The average Bonchev–Trinajstić information content (AvgIpc) is 2.81. The van der Waals surface area contributed by atoms with Gasteiger partial charge in [-0.15, -0.1) is 0 Å². The van der Waals surface area contributed by atoms with Crippen molar-refractivity contribution in [1.82, 2.24) is 5.32 Å². The minimum Gasteiger partial charge on any atom is -0.493 e. The number of amides is 1. The fourth-order valence-corrected chi connectivity index (χ4v) is 3.59. The predicted molar refractivity (Wildman–Crippen MR) is 115 cm³/mol. The molecule has 0 radical (unpaired) electrons. The second-order valence-corrected chi connectivity index (χ2v) is 7.14. The lowest BCUT2D eigenvalue weighted by Gasteiger charge is -2.21. The van der Waals surface area contributed by atoms with Gasteiger partial charge in [-0.05, 0) is 35.4 Å². The quantitative estimate of drug-likeness (QED) is 0.612. The minimum absolute atomic E-state index is 0.219. The highest BCUT2D eigenvalue weighted by atomic mass is 16.6. The highest BCUT2D eigenvalue weighted by Gasteiger charge is 2.22. The van der Waals surface area contributed by atoms with Crippen molar-refractivity contribution < 1.29 is 28.5 Å².